The third kappa shape index (κ3) is 4.35. The molecule has 0 spiro atoms. The fraction of sp³-hybridized carbons (Fsp3) is 0.667. The first-order chi connectivity index (χ1) is 9.17. The van der Waals surface area contributed by atoms with E-state index in [2.05, 4.69) is 39.8 Å². The van der Waals surface area contributed by atoms with Crippen molar-refractivity contribution < 1.29 is 0 Å². The van der Waals surface area contributed by atoms with Crippen molar-refractivity contribution in [3.63, 3.8) is 0 Å². The van der Waals surface area contributed by atoms with Crippen LogP contribution >= 0.6 is 0 Å². The van der Waals surface area contributed by atoms with E-state index in [1.165, 1.54) is 41.5 Å². The summed E-state index contributed by atoms with van der Waals surface area (Å²) in [5.41, 5.74) is 12.3. The van der Waals surface area contributed by atoms with Crippen LogP contribution < -0.4 is 5.73 Å². The lowest BCUT2D eigenvalue weighted by Gasteiger charge is -2.21. The molecular weight excluding hydrogens is 230 g/mol. The molecule has 0 aliphatic rings. The van der Waals surface area contributed by atoms with Crippen LogP contribution in [0.15, 0.2) is 12.1 Å². The first-order valence-corrected chi connectivity index (χ1v) is 8.07. The molecule has 1 nitrogen and oxygen atoms in total. The van der Waals surface area contributed by atoms with Gasteiger partial charge in [0.1, 0.15) is 0 Å². The first-order valence-electron chi connectivity index (χ1n) is 8.07. The normalized spacial score (nSPS) is 12.7. The maximum absolute atomic E-state index is 6.48. The lowest BCUT2D eigenvalue weighted by atomic mass is 9.87. The summed E-state index contributed by atoms with van der Waals surface area (Å²) in [5, 5.41) is 0. The molecule has 0 fully saturated rings. The SMILES string of the molecule is CCCCCC(N)c1c(CC)cc(CC)cc1CC. The standard InChI is InChI=1S/C18H31N/c1-5-9-10-11-17(19)18-15(7-3)12-14(6-2)13-16(18)8-4/h12-13,17H,5-11,19H2,1-4H3. The van der Waals surface area contributed by atoms with E-state index in [0.717, 1.165) is 25.7 Å². The van der Waals surface area contributed by atoms with Crippen molar-refractivity contribution in [3.8, 4) is 0 Å². The smallest absolute Gasteiger partial charge is 0.0300 e. The third-order valence-electron chi connectivity index (χ3n) is 4.07. The summed E-state index contributed by atoms with van der Waals surface area (Å²) in [6, 6.07) is 4.96. The lowest BCUT2D eigenvalue weighted by molar-refractivity contribution is 0.574. The summed E-state index contributed by atoms with van der Waals surface area (Å²) in [5.74, 6) is 0. The highest BCUT2D eigenvalue weighted by molar-refractivity contribution is 5.41. The Balaban J connectivity index is 3.02. The molecule has 1 aromatic rings. The molecule has 1 rings (SSSR count). The average Bonchev–Trinajstić information content (AvgIpc) is 2.45. The highest BCUT2D eigenvalue weighted by Gasteiger charge is 2.15. The molecule has 0 amide bonds. The van der Waals surface area contributed by atoms with Gasteiger partial charge >= 0.3 is 0 Å². The average molecular weight is 261 g/mol. The molecule has 0 heterocycles. The third-order valence-corrected chi connectivity index (χ3v) is 4.07. The molecule has 1 aromatic carbocycles. The van der Waals surface area contributed by atoms with Gasteiger partial charge in [-0.05, 0) is 47.9 Å². The van der Waals surface area contributed by atoms with Crippen LogP contribution in [0.2, 0.25) is 0 Å². The molecule has 0 aliphatic carbocycles. The van der Waals surface area contributed by atoms with E-state index in [0.29, 0.717) is 0 Å². The Kier molecular flexibility index (Phi) is 7.15. The first kappa shape index (κ1) is 16.2. The molecule has 0 bridgehead atoms. The number of aryl methyl sites for hydroxylation is 3. The lowest BCUT2D eigenvalue weighted by Crippen LogP contribution is -2.15. The van der Waals surface area contributed by atoms with Gasteiger partial charge in [0.05, 0.1) is 0 Å². The predicted octanol–water partition coefficient (Wildman–Crippen LogP) is 4.95. The Hall–Kier alpha value is -0.820. The maximum Gasteiger partial charge on any atom is 0.0300 e. The minimum Gasteiger partial charge on any atom is -0.324 e. The van der Waals surface area contributed by atoms with Gasteiger partial charge in [-0.25, -0.2) is 0 Å². The second kappa shape index (κ2) is 8.37. The summed E-state index contributed by atoms with van der Waals surface area (Å²) in [4.78, 5) is 0. The molecule has 0 aromatic heterocycles. The van der Waals surface area contributed by atoms with E-state index in [9.17, 15) is 0 Å². The number of nitrogens with two attached hydrogens (primary N) is 1. The number of hydrogen-bond donors (Lipinski definition) is 1. The van der Waals surface area contributed by atoms with Crippen molar-refractivity contribution in [2.75, 3.05) is 0 Å². The van der Waals surface area contributed by atoms with E-state index >= 15 is 0 Å². The van der Waals surface area contributed by atoms with Crippen molar-refractivity contribution in [2.24, 2.45) is 5.73 Å². The van der Waals surface area contributed by atoms with Crippen LogP contribution in [-0.4, -0.2) is 0 Å². The van der Waals surface area contributed by atoms with Gasteiger partial charge in [0.25, 0.3) is 0 Å². The summed E-state index contributed by atoms with van der Waals surface area (Å²) in [6.07, 6.45) is 8.24. The minimum absolute atomic E-state index is 0.224. The van der Waals surface area contributed by atoms with Crippen molar-refractivity contribution >= 4 is 0 Å². The topological polar surface area (TPSA) is 26.0 Å². The second-order valence-electron chi connectivity index (χ2n) is 5.49. The fourth-order valence-electron chi connectivity index (χ4n) is 2.87. The zero-order valence-corrected chi connectivity index (χ0v) is 13.3. The van der Waals surface area contributed by atoms with Crippen molar-refractivity contribution in [1.29, 1.82) is 0 Å². The van der Waals surface area contributed by atoms with E-state index in [1.807, 2.05) is 0 Å². The number of rotatable bonds is 8. The van der Waals surface area contributed by atoms with Crippen molar-refractivity contribution in [2.45, 2.75) is 78.7 Å². The molecule has 0 saturated carbocycles. The molecular formula is C18H31N. The Morgan fingerprint density at radius 3 is 1.89 bits per heavy atom. The van der Waals surface area contributed by atoms with Crippen LogP contribution in [0.5, 0.6) is 0 Å². The fourth-order valence-corrected chi connectivity index (χ4v) is 2.87. The largest absolute Gasteiger partial charge is 0.324 e. The minimum atomic E-state index is 0.224. The number of unbranched alkanes of at least 4 members (excludes halogenated alkanes) is 2. The van der Waals surface area contributed by atoms with Crippen LogP contribution in [0.3, 0.4) is 0 Å². The molecule has 0 radical (unpaired) electrons. The highest BCUT2D eigenvalue weighted by atomic mass is 14.6. The monoisotopic (exact) mass is 261 g/mol. The van der Waals surface area contributed by atoms with Gasteiger partial charge in [0.15, 0.2) is 0 Å². The van der Waals surface area contributed by atoms with Crippen molar-refractivity contribution in [1.82, 2.24) is 0 Å². The molecule has 0 aliphatic heterocycles. The summed E-state index contributed by atoms with van der Waals surface area (Å²) in [6.45, 7) is 8.97. The van der Waals surface area contributed by atoms with Crippen molar-refractivity contribution in [3.05, 3.63) is 34.4 Å². The zero-order chi connectivity index (χ0) is 14.3. The van der Waals surface area contributed by atoms with Crippen LogP contribution in [-0.2, 0) is 19.3 Å². The van der Waals surface area contributed by atoms with Gasteiger partial charge in [-0.1, -0.05) is 59.1 Å². The molecule has 19 heavy (non-hydrogen) atoms. The Morgan fingerprint density at radius 1 is 0.895 bits per heavy atom. The van der Waals surface area contributed by atoms with E-state index in [-0.39, 0.29) is 6.04 Å². The molecule has 1 atom stereocenters. The Labute approximate surface area is 119 Å². The van der Waals surface area contributed by atoms with Gasteiger partial charge in [0.2, 0.25) is 0 Å². The van der Waals surface area contributed by atoms with Crippen LogP contribution in [0, 0.1) is 0 Å². The molecule has 2 N–H and O–H groups in total. The van der Waals surface area contributed by atoms with E-state index in [4.69, 9.17) is 5.73 Å². The van der Waals surface area contributed by atoms with Gasteiger partial charge < -0.3 is 5.73 Å². The quantitative estimate of drug-likeness (QED) is 0.658. The number of benzene rings is 1. The van der Waals surface area contributed by atoms with Gasteiger partial charge in [0, 0.05) is 6.04 Å². The van der Waals surface area contributed by atoms with Crippen LogP contribution in [0.25, 0.3) is 0 Å². The molecule has 1 unspecified atom stereocenters. The summed E-state index contributed by atoms with van der Waals surface area (Å²) < 4.78 is 0. The highest BCUT2D eigenvalue weighted by Crippen LogP contribution is 2.28. The maximum atomic E-state index is 6.48. The van der Waals surface area contributed by atoms with E-state index in [1.54, 1.807) is 0 Å². The molecule has 0 saturated heterocycles. The van der Waals surface area contributed by atoms with Gasteiger partial charge in [-0.3, -0.25) is 0 Å². The number of hydrogen-bond acceptors (Lipinski definition) is 1. The summed E-state index contributed by atoms with van der Waals surface area (Å²) in [7, 11) is 0. The Bertz CT molecular complexity index is 356. The van der Waals surface area contributed by atoms with Gasteiger partial charge in [-0.2, -0.15) is 0 Å². The van der Waals surface area contributed by atoms with Crippen LogP contribution in [0.1, 0.15) is 81.7 Å². The van der Waals surface area contributed by atoms with Gasteiger partial charge in [-0.15, -0.1) is 0 Å². The Morgan fingerprint density at radius 2 is 1.47 bits per heavy atom. The zero-order valence-electron chi connectivity index (χ0n) is 13.3. The molecule has 1 heteroatoms. The summed E-state index contributed by atoms with van der Waals surface area (Å²) >= 11 is 0. The van der Waals surface area contributed by atoms with E-state index < -0.39 is 0 Å². The van der Waals surface area contributed by atoms with Crippen LogP contribution in [0.4, 0.5) is 0 Å². The predicted molar refractivity (Wildman–Crippen MR) is 85.6 cm³/mol. The second-order valence-corrected chi connectivity index (χ2v) is 5.49. The molecule has 108 valence electrons.